The van der Waals surface area contributed by atoms with Gasteiger partial charge >= 0.3 is 0 Å². The second-order valence-corrected chi connectivity index (χ2v) is 7.81. The first-order valence-electron chi connectivity index (χ1n) is 9.19. The monoisotopic (exact) mass is 273 g/mol. The smallest absolute Gasteiger partial charge is 0.0655 e. The minimum absolute atomic E-state index is 0.370. The van der Waals surface area contributed by atoms with Gasteiger partial charge in [-0.15, -0.1) is 0 Å². The van der Waals surface area contributed by atoms with Gasteiger partial charge in [0.1, 0.15) is 0 Å². The van der Waals surface area contributed by atoms with Gasteiger partial charge in [-0.1, -0.05) is 26.2 Å². The molecule has 0 bridgehead atoms. The summed E-state index contributed by atoms with van der Waals surface area (Å²) in [7, 11) is 0. The van der Waals surface area contributed by atoms with Crippen molar-refractivity contribution in [2.24, 2.45) is 29.1 Å². The molecule has 0 heterocycles. The number of hydrogen-bond acceptors (Lipinski definition) is 1. The number of hydrogen-bond donors (Lipinski definition) is 0. The standard InChI is InChI=1S/C19H31N/c1-2-19-13-4-3-6-17(19)7-5-8-18(19)16-11-9-15(14-20)10-12-16/h15-18H,2-13H2,1H3/t15?,16?,17-,18?,19+/m1/s1. The van der Waals surface area contributed by atoms with Gasteiger partial charge in [0.25, 0.3) is 0 Å². The van der Waals surface area contributed by atoms with E-state index in [0.29, 0.717) is 11.3 Å². The van der Waals surface area contributed by atoms with E-state index >= 15 is 0 Å². The zero-order valence-corrected chi connectivity index (χ0v) is 13.2. The largest absolute Gasteiger partial charge is 0.198 e. The molecule has 0 spiro atoms. The molecule has 3 aliphatic carbocycles. The van der Waals surface area contributed by atoms with Crippen LogP contribution in [-0.4, -0.2) is 0 Å². The van der Waals surface area contributed by atoms with E-state index in [1.807, 2.05) is 0 Å². The van der Waals surface area contributed by atoms with Crippen LogP contribution in [0.4, 0.5) is 0 Å². The maximum Gasteiger partial charge on any atom is 0.0655 e. The van der Waals surface area contributed by atoms with Gasteiger partial charge in [-0.05, 0) is 81.0 Å². The van der Waals surface area contributed by atoms with Crippen LogP contribution in [0, 0.1) is 40.4 Å². The molecule has 0 radical (unpaired) electrons. The third kappa shape index (κ3) is 2.40. The lowest BCUT2D eigenvalue weighted by Crippen LogP contribution is -2.46. The van der Waals surface area contributed by atoms with Crippen LogP contribution in [0.2, 0.25) is 0 Å². The van der Waals surface area contributed by atoms with Crippen molar-refractivity contribution in [2.45, 2.75) is 84.0 Å². The van der Waals surface area contributed by atoms with E-state index in [9.17, 15) is 0 Å². The number of nitrogens with zero attached hydrogens (tertiary/aromatic N) is 1. The van der Waals surface area contributed by atoms with E-state index < -0.39 is 0 Å². The average molecular weight is 273 g/mol. The molecule has 0 N–H and O–H groups in total. The van der Waals surface area contributed by atoms with Crippen LogP contribution < -0.4 is 0 Å². The molecule has 3 aliphatic rings. The van der Waals surface area contributed by atoms with Gasteiger partial charge in [-0.2, -0.15) is 5.26 Å². The average Bonchev–Trinajstić information content (AvgIpc) is 2.54. The summed E-state index contributed by atoms with van der Waals surface area (Å²) in [5.41, 5.74) is 0.695. The third-order valence-electron chi connectivity index (χ3n) is 7.25. The lowest BCUT2D eigenvalue weighted by atomic mass is 9.49. The Morgan fingerprint density at radius 1 is 0.950 bits per heavy atom. The number of rotatable bonds is 2. The van der Waals surface area contributed by atoms with Crippen molar-refractivity contribution in [2.75, 3.05) is 0 Å². The van der Waals surface area contributed by atoms with Gasteiger partial charge in [0.05, 0.1) is 6.07 Å². The minimum Gasteiger partial charge on any atom is -0.198 e. The molecule has 0 aromatic heterocycles. The zero-order chi connectivity index (χ0) is 14.0. The van der Waals surface area contributed by atoms with E-state index in [2.05, 4.69) is 13.0 Å². The molecular weight excluding hydrogens is 242 g/mol. The molecular formula is C19H31N. The third-order valence-corrected chi connectivity index (χ3v) is 7.25. The Hall–Kier alpha value is -0.510. The Labute approximate surface area is 125 Å². The topological polar surface area (TPSA) is 23.8 Å². The molecule has 0 aliphatic heterocycles. The summed E-state index contributed by atoms with van der Waals surface area (Å²) in [6, 6.07) is 2.51. The molecule has 1 unspecified atom stereocenters. The molecule has 3 atom stereocenters. The van der Waals surface area contributed by atoms with E-state index in [4.69, 9.17) is 5.26 Å². The summed E-state index contributed by atoms with van der Waals surface area (Å²) in [5.74, 6) is 3.34. The highest BCUT2D eigenvalue weighted by molar-refractivity contribution is 5.00. The second kappa shape index (κ2) is 6.08. The summed E-state index contributed by atoms with van der Waals surface area (Å²) < 4.78 is 0. The first-order valence-corrected chi connectivity index (χ1v) is 9.19. The molecule has 20 heavy (non-hydrogen) atoms. The van der Waals surface area contributed by atoms with Crippen molar-refractivity contribution in [1.29, 1.82) is 5.26 Å². The fourth-order valence-corrected chi connectivity index (χ4v) is 6.21. The van der Waals surface area contributed by atoms with Gasteiger partial charge in [-0.25, -0.2) is 0 Å². The molecule has 3 fully saturated rings. The van der Waals surface area contributed by atoms with Gasteiger partial charge in [0, 0.05) is 5.92 Å². The summed E-state index contributed by atoms with van der Waals surface area (Å²) in [6.07, 6.45) is 16.9. The highest BCUT2D eigenvalue weighted by Crippen LogP contribution is 2.59. The van der Waals surface area contributed by atoms with Crippen molar-refractivity contribution >= 4 is 0 Å². The van der Waals surface area contributed by atoms with Crippen LogP contribution in [0.5, 0.6) is 0 Å². The Morgan fingerprint density at radius 3 is 2.40 bits per heavy atom. The minimum atomic E-state index is 0.370. The molecule has 1 nitrogen and oxygen atoms in total. The SMILES string of the molecule is CC[C@]12CCCC[C@@H]1CCCC2C1CCC(C#N)CC1. The van der Waals surface area contributed by atoms with Crippen molar-refractivity contribution in [1.82, 2.24) is 0 Å². The molecule has 3 saturated carbocycles. The zero-order valence-electron chi connectivity index (χ0n) is 13.2. The van der Waals surface area contributed by atoms with Crippen molar-refractivity contribution in [3.05, 3.63) is 0 Å². The molecule has 0 aromatic carbocycles. The van der Waals surface area contributed by atoms with E-state index in [1.54, 1.807) is 0 Å². The number of nitriles is 1. The van der Waals surface area contributed by atoms with E-state index in [1.165, 1.54) is 77.0 Å². The summed E-state index contributed by atoms with van der Waals surface area (Å²) in [4.78, 5) is 0. The van der Waals surface area contributed by atoms with Crippen LogP contribution in [0.15, 0.2) is 0 Å². The van der Waals surface area contributed by atoms with Gasteiger partial charge < -0.3 is 0 Å². The Balaban J connectivity index is 1.75. The molecule has 0 amide bonds. The van der Waals surface area contributed by atoms with Crippen LogP contribution in [0.25, 0.3) is 0 Å². The highest BCUT2D eigenvalue weighted by atomic mass is 14.5. The Bertz CT molecular complexity index is 358. The Kier molecular flexibility index (Phi) is 4.39. The van der Waals surface area contributed by atoms with Crippen molar-refractivity contribution in [3.8, 4) is 6.07 Å². The lowest BCUT2D eigenvalue weighted by Gasteiger charge is -2.55. The van der Waals surface area contributed by atoms with E-state index in [0.717, 1.165) is 17.8 Å². The van der Waals surface area contributed by atoms with Crippen LogP contribution in [0.1, 0.15) is 84.0 Å². The van der Waals surface area contributed by atoms with Crippen LogP contribution >= 0.6 is 0 Å². The van der Waals surface area contributed by atoms with Gasteiger partial charge in [0.15, 0.2) is 0 Å². The molecule has 3 rings (SSSR count). The maximum absolute atomic E-state index is 9.12. The molecule has 1 heteroatoms. The quantitative estimate of drug-likeness (QED) is 0.632. The fourth-order valence-electron chi connectivity index (χ4n) is 6.21. The maximum atomic E-state index is 9.12. The predicted molar refractivity (Wildman–Crippen MR) is 83.1 cm³/mol. The highest BCUT2D eigenvalue weighted by Gasteiger charge is 2.49. The molecule has 0 aromatic rings. The van der Waals surface area contributed by atoms with Gasteiger partial charge in [0.2, 0.25) is 0 Å². The van der Waals surface area contributed by atoms with Crippen molar-refractivity contribution in [3.63, 3.8) is 0 Å². The first-order chi connectivity index (χ1) is 9.80. The van der Waals surface area contributed by atoms with Crippen molar-refractivity contribution < 1.29 is 0 Å². The second-order valence-electron chi connectivity index (χ2n) is 7.81. The fraction of sp³-hybridized carbons (Fsp3) is 0.947. The number of fused-ring (bicyclic) bond motifs is 1. The first kappa shape index (κ1) is 14.4. The normalized spacial score (nSPS) is 45.4. The molecule has 0 saturated heterocycles. The van der Waals surface area contributed by atoms with Crippen LogP contribution in [-0.2, 0) is 0 Å². The van der Waals surface area contributed by atoms with E-state index in [-0.39, 0.29) is 0 Å². The van der Waals surface area contributed by atoms with Crippen LogP contribution in [0.3, 0.4) is 0 Å². The predicted octanol–water partition coefficient (Wildman–Crippen LogP) is 5.70. The summed E-state index contributed by atoms with van der Waals surface area (Å²) in [6.45, 7) is 2.47. The summed E-state index contributed by atoms with van der Waals surface area (Å²) >= 11 is 0. The lowest BCUT2D eigenvalue weighted by molar-refractivity contribution is -0.0558. The Morgan fingerprint density at radius 2 is 1.70 bits per heavy atom. The van der Waals surface area contributed by atoms with Gasteiger partial charge in [-0.3, -0.25) is 0 Å². The molecule has 112 valence electrons. The summed E-state index contributed by atoms with van der Waals surface area (Å²) in [5, 5.41) is 9.12.